The number of carbonyl (C=O) groups excluding carboxylic acids is 2. The maximum absolute atomic E-state index is 14.1. The Hall–Kier alpha value is -3.99. The minimum absolute atomic E-state index is 0.0409. The molecule has 1 unspecified atom stereocenters. The van der Waals surface area contributed by atoms with Gasteiger partial charge in [-0.15, -0.1) is 0 Å². The van der Waals surface area contributed by atoms with Gasteiger partial charge in [-0.25, -0.2) is 8.42 Å². The smallest absolute Gasteiger partial charge is 0.273 e. The van der Waals surface area contributed by atoms with E-state index >= 15 is 0 Å². The monoisotopic (exact) mass is 840 g/mol. The molecule has 1 amide bonds. The SMILES string of the molecule is CCCCCCCCCCCCCCCCCCOc1ccc(S(=O)(=O)Nc2ccccc2Cl)cc1NC(=O)C(Oc1ccccc1Cl)C(=O)c1cc(C)oc1C. The summed E-state index contributed by atoms with van der Waals surface area (Å²) in [6.07, 6.45) is 18.3. The zero-order valence-electron chi connectivity index (χ0n) is 33.5. The van der Waals surface area contributed by atoms with E-state index in [1.807, 2.05) is 0 Å². The Morgan fingerprint density at radius 1 is 0.684 bits per heavy atom. The van der Waals surface area contributed by atoms with Gasteiger partial charge in [-0.3, -0.25) is 14.3 Å². The maximum Gasteiger partial charge on any atom is 0.273 e. The van der Waals surface area contributed by atoms with Crippen molar-refractivity contribution in [2.24, 2.45) is 0 Å². The van der Waals surface area contributed by atoms with Gasteiger partial charge in [0.1, 0.15) is 23.0 Å². The number of rotatable bonds is 27. The van der Waals surface area contributed by atoms with E-state index < -0.39 is 27.8 Å². The van der Waals surface area contributed by atoms with Crippen molar-refractivity contribution in [2.45, 2.75) is 135 Å². The number of carbonyl (C=O) groups is 2. The van der Waals surface area contributed by atoms with Gasteiger partial charge in [-0.2, -0.15) is 0 Å². The van der Waals surface area contributed by atoms with E-state index in [9.17, 15) is 18.0 Å². The van der Waals surface area contributed by atoms with Gasteiger partial charge in [-0.05, 0) is 68.8 Å². The molecule has 0 spiro atoms. The van der Waals surface area contributed by atoms with Crippen molar-refractivity contribution in [1.29, 1.82) is 0 Å². The third kappa shape index (κ3) is 15.0. The number of anilines is 2. The lowest BCUT2D eigenvalue weighted by Gasteiger charge is -2.20. The van der Waals surface area contributed by atoms with E-state index in [4.69, 9.17) is 37.1 Å². The average molecular weight is 842 g/mol. The third-order valence-electron chi connectivity index (χ3n) is 9.76. The van der Waals surface area contributed by atoms with Crippen molar-refractivity contribution in [3.63, 3.8) is 0 Å². The summed E-state index contributed by atoms with van der Waals surface area (Å²) in [5, 5.41) is 3.14. The Morgan fingerprint density at radius 2 is 1.25 bits per heavy atom. The van der Waals surface area contributed by atoms with Gasteiger partial charge in [0.05, 0.1) is 38.5 Å². The number of amides is 1. The van der Waals surface area contributed by atoms with Crippen LogP contribution in [0.5, 0.6) is 11.5 Å². The van der Waals surface area contributed by atoms with E-state index in [-0.39, 0.29) is 43.4 Å². The number of ether oxygens (including phenoxy) is 2. The lowest BCUT2D eigenvalue weighted by atomic mass is 10.0. The average Bonchev–Trinajstić information content (AvgIpc) is 3.53. The van der Waals surface area contributed by atoms with Gasteiger partial charge in [0.15, 0.2) is 0 Å². The number of sulfonamides is 1. The summed E-state index contributed by atoms with van der Waals surface area (Å²) in [6, 6.07) is 18.6. The standard InChI is InChI=1S/C45H58Cl2N2O7S/c1-4-5-6-7-8-9-10-11-12-13-14-15-16-17-18-23-30-54-42-29-28-35(57(52,53)49-39-26-21-19-24-37(39)46)32-40(42)48-45(51)44(56-41-27-22-20-25-38(41)47)43(50)36-31-33(2)55-34(36)3/h19-22,24-29,31-32,44,49H,4-18,23,30H2,1-3H3,(H,48,51). The number of furan rings is 1. The molecule has 4 rings (SSSR count). The van der Waals surface area contributed by atoms with Gasteiger partial charge < -0.3 is 19.2 Å². The lowest BCUT2D eigenvalue weighted by Crippen LogP contribution is -2.40. The van der Waals surface area contributed by atoms with E-state index in [0.717, 1.165) is 19.3 Å². The number of ketones is 1. The van der Waals surface area contributed by atoms with Crippen LogP contribution in [0.1, 0.15) is 132 Å². The van der Waals surface area contributed by atoms with E-state index in [1.165, 1.54) is 108 Å². The number of hydrogen-bond donors (Lipinski definition) is 2. The maximum atomic E-state index is 14.1. The fraction of sp³-hybridized carbons (Fsp3) is 0.467. The van der Waals surface area contributed by atoms with Crippen LogP contribution in [-0.4, -0.2) is 32.8 Å². The number of aryl methyl sites for hydroxylation is 2. The highest BCUT2D eigenvalue weighted by Gasteiger charge is 2.34. The summed E-state index contributed by atoms with van der Waals surface area (Å²) in [6.45, 7) is 5.92. The molecule has 1 atom stereocenters. The topological polar surface area (TPSA) is 124 Å². The normalized spacial score (nSPS) is 11.9. The molecule has 57 heavy (non-hydrogen) atoms. The fourth-order valence-electron chi connectivity index (χ4n) is 6.59. The first kappa shape index (κ1) is 45.7. The number of unbranched alkanes of at least 4 members (excludes halogenated alkanes) is 15. The Morgan fingerprint density at radius 3 is 1.81 bits per heavy atom. The van der Waals surface area contributed by atoms with Crippen molar-refractivity contribution >= 4 is 56.3 Å². The molecule has 0 saturated heterocycles. The van der Waals surface area contributed by atoms with Crippen LogP contribution in [0, 0.1) is 13.8 Å². The molecule has 3 aromatic carbocycles. The second kappa shape index (κ2) is 24.1. The predicted molar refractivity (Wildman–Crippen MR) is 231 cm³/mol. The molecule has 2 N–H and O–H groups in total. The molecule has 12 heteroatoms. The highest BCUT2D eigenvalue weighted by atomic mass is 35.5. The minimum Gasteiger partial charge on any atom is -0.491 e. The zero-order chi connectivity index (χ0) is 41.0. The number of halogens is 2. The van der Waals surface area contributed by atoms with Crippen LogP contribution in [0.3, 0.4) is 0 Å². The molecule has 310 valence electrons. The van der Waals surface area contributed by atoms with Crippen molar-refractivity contribution in [3.8, 4) is 11.5 Å². The lowest BCUT2D eigenvalue weighted by molar-refractivity contribution is -0.120. The minimum atomic E-state index is -4.17. The number of para-hydroxylation sites is 2. The second-order valence-corrected chi connectivity index (χ2v) is 17.0. The molecule has 0 radical (unpaired) electrons. The van der Waals surface area contributed by atoms with Crippen LogP contribution >= 0.6 is 23.2 Å². The van der Waals surface area contributed by atoms with Crippen LogP contribution in [0.2, 0.25) is 10.0 Å². The predicted octanol–water partition coefficient (Wildman–Crippen LogP) is 12.9. The molecule has 9 nitrogen and oxygen atoms in total. The van der Waals surface area contributed by atoms with Crippen LogP contribution in [0.4, 0.5) is 11.4 Å². The summed E-state index contributed by atoms with van der Waals surface area (Å²) in [5.41, 5.74) is 0.400. The first-order valence-electron chi connectivity index (χ1n) is 20.4. The molecule has 1 heterocycles. The molecule has 0 saturated carbocycles. The van der Waals surface area contributed by atoms with E-state index in [2.05, 4.69) is 17.0 Å². The van der Waals surface area contributed by atoms with Crippen molar-refractivity contribution in [1.82, 2.24) is 0 Å². The van der Waals surface area contributed by atoms with Crippen molar-refractivity contribution in [3.05, 3.63) is 99.9 Å². The van der Waals surface area contributed by atoms with Gasteiger partial charge >= 0.3 is 0 Å². The Bertz CT molecular complexity index is 1980. The van der Waals surface area contributed by atoms with E-state index in [1.54, 1.807) is 62.4 Å². The fourth-order valence-corrected chi connectivity index (χ4v) is 8.11. The Kier molecular flexibility index (Phi) is 19.3. The summed E-state index contributed by atoms with van der Waals surface area (Å²) >= 11 is 12.6. The van der Waals surface area contributed by atoms with Gasteiger partial charge in [0.2, 0.25) is 11.9 Å². The molecular formula is C45H58Cl2N2O7S. The van der Waals surface area contributed by atoms with Gasteiger partial charge in [0, 0.05) is 0 Å². The molecule has 0 aliphatic carbocycles. The molecule has 4 aromatic rings. The van der Waals surface area contributed by atoms with Crippen LogP contribution in [0.15, 0.2) is 82.1 Å². The molecular weight excluding hydrogens is 783 g/mol. The molecule has 0 aliphatic rings. The van der Waals surface area contributed by atoms with Crippen molar-refractivity contribution < 1.29 is 31.9 Å². The number of nitrogens with one attached hydrogen (secondary N) is 2. The number of Topliss-reactive ketones (excluding diaryl/α,β-unsaturated/α-hetero) is 1. The molecule has 0 bridgehead atoms. The quantitative estimate of drug-likeness (QED) is 0.0348. The summed E-state index contributed by atoms with van der Waals surface area (Å²) < 4.78 is 47.3. The first-order valence-corrected chi connectivity index (χ1v) is 22.6. The summed E-state index contributed by atoms with van der Waals surface area (Å²) in [7, 11) is -4.17. The zero-order valence-corrected chi connectivity index (χ0v) is 35.9. The molecule has 1 aromatic heterocycles. The van der Waals surface area contributed by atoms with Gasteiger partial charge in [-0.1, -0.05) is 151 Å². The first-order chi connectivity index (χ1) is 27.5. The van der Waals surface area contributed by atoms with Crippen LogP contribution < -0.4 is 19.5 Å². The Balaban J connectivity index is 1.40. The summed E-state index contributed by atoms with van der Waals surface area (Å²) in [5.74, 6) is -0.368. The van der Waals surface area contributed by atoms with Gasteiger partial charge in [0.25, 0.3) is 15.9 Å². The molecule has 0 fully saturated rings. The van der Waals surface area contributed by atoms with E-state index in [0.29, 0.717) is 18.1 Å². The molecule has 0 aliphatic heterocycles. The highest BCUT2D eigenvalue weighted by Crippen LogP contribution is 2.32. The number of benzene rings is 3. The second-order valence-electron chi connectivity index (χ2n) is 14.5. The van der Waals surface area contributed by atoms with Crippen LogP contribution in [0.25, 0.3) is 0 Å². The Labute approximate surface area is 349 Å². The summed E-state index contributed by atoms with van der Waals surface area (Å²) in [4.78, 5) is 27.8. The third-order valence-corrected chi connectivity index (χ3v) is 11.8. The number of hydrogen-bond acceptors (Lipinski definition) is 7. The van der Waals surface area contributed by atoms with Crippen molar-refractivity contribution in [2.75, 3.05) is 16.6 Å². The van der Waals surface area contributed by atoms with Crippen LogP contribution in [-0.2, 0) is 14.8 Å². The highest BCUT2D eigenvalue weighted by molar-refractivity contribution is 7.92. The largest absolute Gasteiger partial charge is 0.491 e.